The van der Waals surface area contributed by atoms with Crippen LogP contribution in [0, 0.1) is 13.8 Å². The number of rotatable bonds is 5. The fourth-order valence-corrected chi connectivity index (χ4v) is 3.46. The Morgan fingerprint density at radius 3 is 2.56 bits per heavy atom. The van der Waals surface area contributed by atoms with Gasteiger partial charge < -0.3 is 5.32 Å². The Hall–Kier alpha value is -2.61. The van der Waals surface area contributed by atoms with Gasteiger partial charge >= 0.3 is 0 Å². The summed E-state index contributed by atoms with van der Waals surface area (Å²) in [5.41, 5.74) is 4.88. The molecule has 0 aliphatic rings. The minimum Gasteiger partial charge on any atom is -0.350 e. The number of hydrogen-bond donors (Lipinski definition) is 1. The molecule has 0 spiro atoms. The fourth-order valence-electron chi connectivity index (χ4n) is 3.46. The van der Waals surface area contributed by atoms with E-state index in [1.165, 1.54) is 33.0 Å². The molecular weight excluding hydrogens is 306 g/mol. The number of amides is 1. The molecule has 0 aromatic heterocycles. The molecule has 1 unspecified atom stereocenters. The van der Waals surface area contributed by atoms with Crippen LogP contribution >= 0.6 is 0 Å². The van der Waals surface area contributed by atoms with E-state index in [0.717, 1.165) is 6.42 Å². The highest BCUT2D eigenvalue weighted by molar-refractivity contribution is 5.86. The summed E-state index contributed by atoms with van der Waals surface area (Å²) >= 11 is 0. The van der Waals surface area contributed by atoms with Crippen molar-refractivity contribution in [2.75, 3.05) is 0 Å². The monoisotopic (exact) mass is 331 g/mol. The maximum absolute atomic E-state index is 12.4. The molecule has 3 aromatic carbocycles. The van der Waals surface area contributed by atoms with Gasteiger partial charge in [0.1, 0.15) is 0 Å². The van der Waals surface area contributed by atoms with Gasteiger partial charge in [0, 0.05) is 6.42 Å². The number of nitrogens with one attached hydrogen (secondary N) is 1. The molecule has 2 nitrogen and oxygen atoms in total. The third-order valence-corrected chi connectivity index (χ3v) is 4.77. The zero-order valence-corrected chi connectivity index (χ0v) is 15.2. The van der Waals surface area contributed by atoms with Crippen molar-refractivity contribution in [3.63, 3.8) is 0 Å². The molecule has 0 radical (unpaired) electrons. The SMILES string of the molecule is Cc1ccc(C(C)NC(=O)CCc2cccc3ccccc23)c(C)c1. The lowest BCUT2D eigenvalue weighted by molar-refractivity contribution is -0.121. The molecule has 0 fully saturated rings. The highest BCUT2D eigenvalue weighted by atomic mass is 16.1. The predicted octanol–water partition coefficient (Wildman–Crippen LogP) is 5.27. The molecule has 0 saturated carbocycles. The van der Waals surface area contributed by atoms with Gasteiger partial charge in [0.15, 0.2) is 0 Å². The predicted molar refractivity (Wildman–Crippen MR) is 105 cm³/mol. The van der Waals surface area contributed by atoms with E-state index in [-0.39, 0.29) is 11.9 Å². The smallest absolute Gasteiger partial charge is 0.220 e. The summed E-state index contributed by atoms with van der Waals surface area (Å²) in [6, 6.07) is 21.0. The van der Waals surface area contributed by atoms with Crippen LogP contribution in [-0.2, 0) is 11.2 Å². The average Bonchev–Trinajstić information content (AvgIpc) is 2.59. The summed E-state index contributed by atoms with van der Waals surface area (Å²) in [5.74, 6) is 0.0976. The molecule has 1 N–H and O–H groups in total. The lowest BCUT2D eigenvalue weighted by atomic mass is 9.99. The Morgan fingerprint density at radius 2 is 1.76 bits per heavy atom. The van der Waals surface area contributed by atoms with Gasteiger partial charge in [-0.1, -0.05) is 66.2 Å². The van der Waals surface area contributed by atoms with E-state index in [1.54, 1.807) is 0 Å². The Morgan fingerprint density at radius 1 is 1.00 bits per heavy atom. The molecule has 128 valence electrons. The van der Waals surface area contributed by atoms with Crippen LogP contribution < -0.4 is 5.32 Å². The molecule has 0 saturated heterocycles. The van der Waals surface area contributed by atoms with Gasteiger partial charge in [-0.25, -0.2) is 0 Å². The van der Waals surface area contributed by atoms with Crippen molar-refractivity contribution in [3.05, 3.63) is 82.9 Å². The Labute approximate surface area is 149 Å². The third kappa shape index (κ3) is 4.08. The lowest BCUT2D eigenvalue weighted by Crippen LogP contribution is -2.27. The summed E-state index contributed by atoms with van der Waals surface area (Å²) in [6.45, 7) is 6.23. The number of fused-ring (bicyclic) bond motifs is 1. The van der Waals surface area contributed by atoms with E-state index in [1.807, 2.05) is 19.1 Å². The summed E-state index contributed by atoms with van der Waals surface area (Å²) in [4.78, 5) is 12.4. The van der Waals surface area contributed by atoms with Gasteiger partial charge in [0.2, 0.25) is 5.91 Å². The van der Waals surface area contributed by atoms with Crippen molar-refractivity contribution in [1.82, 2.24) is 5.32 Å². The van der Waals surface area contributed by atoms with Crippen LogP contribution in [0.1, 0.15) is 41.6 Å². The van der Waals surface area contributed by atoms with E-state index in [4.69, 9.17) is 0 Å². The number of benzene rings is 3. The molecule has 0 heterocycles. The van der Waals surface area contributed by atoms with Crippen molar-refractivity contribution in [1.29, 1.82) is 0 Å². The van der Waals surface area contributed by atoms with Crippen molar-refractivity contribution in [2.24, 2.45) is 0 Å². The van der Waals surface area contributed by atoms with Crippen molar-refractivity contribution < 1.29 is 4.79 Å². The molecular formula is C23H25NO. The van der Waals surface area contributed by atoms with Gasteiger partial charge in [-0.2, -0.15) is 0 Å². The highest BCUT2D eigenvalue weighted by Crippen LogP contribution is 2.21. The summed E-state index contributed by atoms with van der Waals surface area (Å²) in [7, 11) is 0. The van der Waals surface area contributed by atoms with Crippen LogP contribution in [-0.4, -0.2) is 5.91 Å². The maximum Gasteiger partial charge on any atom is 0.220 e. The summed E-state index contributed by atoms with van der Waals surface area (Å²) < 4.78 is 0. The van der Waals surface area contributed by atoms with Crippen LogP contribution in [0.5, 0.6) is 0 Å². The minimum absolute atomic E-state index is 0.0283. The van der Waals surface area contributed by atoms with Crippen molar-refractivity contribution in [3.8, 4) is 0 Å². The Bertz CT molecular complexity index is 892. The summed E-state index contributed by atoms with van der Waals surface area (Å²) in [5, 5.41) is 5.60. The van der Waals surface area contributed by atoms with Crippen LogP contribution in [0.3, 0.4) is 0 Å². The third-order valence-electron chi connectivity index (χ3n) is 4.77. The second kappa shape index (κ2) is 7.52. The number of carbonyl (C=O) groups is 1. The van der Waals surface area contributed by atoms with Gasteiger partial charge in [-0.05, 0) is 54.7 Å². The van der Waals surface area contributed by atoms with Crippen LogP contribution in [0.2, 0.25) is 0 Å². The first-order valence-corrected chi connectivity index (χ1v) is 8.88. The van der Waals surface area contributed by atoms with E-state index < -0.39 is 0 Å². The molecule has 2 heteroatoms. The van der Waals surface area contributed by atoms with E-state index >= 15 is 0 Å². The number of aryl methyl sites for hydroxylation is 3. The van der Waals surface area contributed by atoms with Crippen LogP contribution in [0.25, 0.3) is 10.8 Å². The van der Waals surface area contributed by atoms with Gasteiger partial charge in [-0.3, -0.25) is 4.79 Å². The second-order valence-corrected chi connectivity index (χ2v) is 6.79. The zero-order chi connectivity index (χ0) is 17.8. The van der Waals surface area contributed by atoms with E-state index in [9.17, 15) is 4.79 Å². The Balaban J connectivity index is 1.64. The lowest BCUT2D eigenvalue weighted by Gasteiger charge is -2.17. The highest BCUT2D eigenvalue weighted by Gasteiger charge is 2.12. The van der Waals surface area contributed by atoms with E-state index in [2.05, 4.69) is 67.7 Å². The fraction of sp³-hybridized carbons (Fsp3) is 0.261. The molecule has 1 atom stereocenters. The zero-order valence-electron chi connectivity index (χ0n) is 15.2. The molecule has 0 aliphatic carbocycles. The topological polar surface area (TPSA) is 29.1 Å². The average molecular weight is 331 g/mol. The quantitative estimate of drug-likeness (QED) is 0.678. The molecule has 3 aromatic rings. The standard InChI is InChI=1S/C23H25NO/c1-16-11-13-21(17(2)15-16)18(3)24-23(25)14-12-20-9-6-8-19-7-4-5-10-22(19)20/h4-11,13,15,18H,12,14H2,1-3H3,(H,24,25). The number of hydrogen-bond acceptors (Lipinski definition) is 1. The van der Waals surface area contributed by atoms with Gasteiger partial charge in [0.25, 0.3) is 0 Å². The van der Waals surface area contributed by atoms with Crippen molar-refractivity contribution >= 4 is 16.7 Å². The first kappa shape index (κ1) is 17.2. The van der Waals surface area contributed by atoms with Gasteiger partial charge in [-0.15, -0.1) is 0 Å². The molecule has 0 bridgehead atoms. The molecule has 3 rings (SSSR count). The molecule has 1 amide bonds. The number of carbonyl (C=O) groups excluding carboxylic acids is 1. The largest absolute Gasteiger partial charge is 0.350 e. The summed E-state index contributed by atoms with van der Waals surface area (Å²) in [6.07, 6.45) is 1.26. The Kier molecular flexibility index (Phi) is 5.18. The second-order valence-electron chi connectivity index (χ2n) is 6.79. The van der Waals surface area contributed by atoms with E-state index in [0.29, 0.717) is 6.42 Å². The minimum atomic E-state index is 0.0283. The van der Waals surface area contributed by atoms with Crippen LogP contribution in [0.15, 0.2) is 60.7 Å². The first-order chi connectivity index (χ1) is 12.0. The first-order valence-electron chi connectivity index (χ1n) is 8.88. The normalized spacial score (nSPS) is 12.1. The van der Waals surface area contributed by atoms with Crippen molar-refractivity contribution in [2.45, 2.75) is 39.7 Å². The van der Waals surface area contributed by atoms with Gasteiger partial charge in [0.05, 0.1) is 6.04 Å². The maximum atomic E-state index is 12.4. The molecule has 25 heavy (non-hydrogen) atoms. The molecule has 0 aliphatic heterocycles. The van der Waals surface area contributed by atoms with Crippen LogP contribution in [0.4, 0.5) is 0 Å².